The zero-order valence-corrected chi connectivity index (χ0v) is 15.1. The van der Waals surface area contributed by atoms with Gasteiger partial charge in [-0.3, -0.25) is 9.78 Å². The summed E-state index contributed by atoms with van der Waals surface area (Å²) in [5.41, 5.74) is 1.88. The Morgan fingerprint density at radius 3 is 2.56 bits per heavy atom. The Morgan fingerprint density at radius 2 is 1.89 bits per heavy atom. The summed E-state index contributed by atoms with van der Waals surface area (Å²) in [4.78, 5) is 18.8. The number of benzene rings is 1. The largest absolute Gasteiger partial charge is 0.383 e. The van der Waals surface area contributed by atoms with E-state index in [9.17, 15) is 9.90 Å². The normalized spacial score (nSPS) is 16.3. The quantitative estimate of drug-likeness (QED) is 0.773. The number of carbonyl (C=O) groups is 1. The van der Waals surface area contributed by atoms with E-state index in [1.807, 2.05) is 49.4 Å². The number of hydrogen-bond donors (Lipinski definition) is 1. The third kappa shape index (κ3) is 3.48. The summed E-state index contributed by atoms with van der Waals surface area (Å²) in [6, 6.07) is 15.0. The Morgan fingerprint density at radius 1 is 1.15 bits per heavy atom. The van der Waals surface area contributed by atoms with Crippen molar-refractivity contribution in [1.82, 2.24) is 15.0 Å². The van der Waals surface area contributed by atoms with Gasteiger partial charge in [0.1, 0.15) is 5.60 Å². The molecule has 138 valence electrons. The minimum atomic E-state index is -0.997. The Bertz CT molecular complexity index is 927. The SMILES string of the molecule is Cc1ccc(C2(O)CCN(C(=O)c3cc(-c4ccccc4)on3)CC2)nc1. The first-order valence-electron chi connectivity index (χ1n) is 9.02. The van der Waals surface area contributed by atoms with Crippen LogP contribution in [0.2, 0.25) is 0 Å². The van der Waals surface area contributed by atoms with Gasteiger partial charge in [0, 0.05) is 30.9 Å². The van der Waals surface area contributed by atoms with Crippen LogP contribution in [0.15, 0.2) is 59.3 Å². The van der Waals surface area contributed by atoms with Crippen LogP contribution in [0, 0.1) is 6.92 Å². The molecular weight excluding hydrogens is 342 g/mol. The maximum Gasteiger partial charge on any atom is 0.276 e. The highest BCUT2D eigenvalue weighted by molar-refractivity contribution is 5.93. The van der Waals surface area contributed by atoms with Crippen LogP contribution < -0.4 is 0 Å². The van der Waals surface area contributed by atoms with Gasteiger partial charge in [-0.1, -0.05) is 41.6 Å². The van der Waals surface area contributed by atoms with Gasteiger partial charge in [-0.25, -0.2) is 0 Å². The van der Waals surface area contributed by atoms with Gasteiger partial charge in [0.15, 0.2) is 11.5 Å². The van der Waals surface area contributed by atoms with Crippen molar-refractivity contribution >= 4 is 5.91 Å². The predicted molar refractivity (Wildman–Crippen MR) is 99.9 cm³/mol. The molecule has 1 aliphatic rings. The van der Waals surface area contributed by atoms with Crippen LogP contribution in [-0.2, 0) is 5.60 Å². The molecule has 6 nitrogen and oxygen atoms in total. The van der Waals surface area contributed by atoms with E-state index in [-0.39, 0.29) is 11.6 Å². The van der Waals surface area contributed by atoms with E-state index in [2.05, 4.69) is 10.1 Å². The molecule has 2 aromatic heterocycles. The van der Waals surface area contributed by atoms with E-state index in [4.69, 9.17) is 4.52 Å². The molecule has 0 aliphatic carbocycles. The van der Waals surface area contributed by atoms with Gasteiger partial charge in [-0.2, -0.15) is 0 Å². The van der Waals surface area contributed by atoms with Crippen molar-refractivity contribution in [2.24, 2.45) is 0 Å². The predicted octanol–water partition coefficient (Wildman–Crippen LogP) is 3.17. The standard InChI is InChI=1S/C21H21N3O3/c1-15-7-8-19(22-14-15)21(26)9-11-24(12-10-21)20(25)17-13-18(27-23-17)16-5-3-2-4-6-16/h2-8,13-14,26H,9-12H2,1H3. The molecule has 0 unspecified atom stereocenters. The molecular formula is C21H21N3O3. The fourth-order valence-corrected chi connectivity index (χ4v) is 3.36. The number of amides is 1. The zero-order valence-electron chi connectivity index (χ0n) is 15.1. The number of hydrogen-bond acceptors (Lipinski definition) is 5. The lowest BCUT2D eigenvalue weighted by atomic mass is 9.87. The summed E-state index contributed by atoms with van der Waals surface area (Å²) < 4.78 is 5.33. The zero-order chi connectivity index (χ0) is 18.9. The first kappa shape index (κ1) is 17.4. The summed E-state index contributed by atoms with van der Waals surface area (Å²) in [5.74, 6) is 0.385. The molecule has 0 spiro atoms. The number of pyridine rings is 1. The van der Waals surface area contributed by atoms with Gasteiger partial charge in [-0.05, 0) is 31.4 Å². The van der Waals surface area contributed by atoms with E-state index < -0.39 is 5.60 Å². The number of aryl methyl sites for hydroxylation is 1. The van der Waals surface area contributed by atoms with Crippen molar-refractivity contribution in [3.63, 3.8) is 0 Å². The van der Waals surface area contributed by atoms with E-state index in [0.717, 1.165) is 11.1 Å². The number of nitrogens with zero attached hydrogens (tertiary/aromatic N) is 3. The molecule has 4 rings (SSSR count). The second kappa shape index (κ2) is 6.96. The molecule has 27 heavy (non-hydrogen) atoms. The third-order valence-corrected chi connectivity index (χ3v) is 5.05. The molecule has 0 bridgehead atoms. The first-order valence-corrected chi connectivity index (χ1v) is 9.02. The monoisotopic (exact) mass is 363 g/mol. The van der Waals surface area contributed by atoms with Crippen molar-refractivity contribution in [3.8, 4) is 11.3 Å². The van der Waals surface area contributed by atoms with Crippen LogP contribution in [-0.4, -0.2) is 39.1 Å². The minimum absolute atomic E-state index is 0.181. The average Bonchev–Trinajstić information content (AvgIpc) is 3.19. The van der Waals surface area contributed by atoms with Gasteiger partial charge >= 0.3 is 0 Å². The first-order chi connectivity index (χ1) is 13.0. The van der Waals surface area contributed by atoms with Gasteiger partial charge in [-0.15, -0.1) is 0 Å². The van der Waals surface area contributed by atoms with Crippen LogP contribution in [0.25, 0.3) is 11.3 Å². The molecule has 1 aliphatic heterocycles. The molecule has 6 heteroatoms. The highest BCUT2D eigenvalue weighted by Gasteiger charge is 2.37. The molecule has 0 radical (unpaired) electrons. The summed E-state index contributed by atoms with van der Waals surface area (Å²) in [6.45, 7) is 2.85. The highest BCUT2D eigenvalue weighted by atomic mass is 16.5. The van der Waals surface area contributed by atoms with E-state index in [0.29, 0.717) is 37.4 Å². The Labute approximate surface area is 157 Å². The van der Waals surface area contributed by atoms with E-state index >= 15 is 0 Å². The van der Waals surface area contributed by atoms with Crippen LogP contribution in [0.4, 0.5) is 0 Å². The smallest absolute Gasteiger partial charge is 0.276 e. The topological polar surface area (TPSA) is 79.5 Å². The second-order valence-corrected chi connectivity index (χ2v) is 6.99. The molecule has 3 heterocycles. The van der Waals surface area contributed by atoms with Crippen molar-refractivity contribution in [2.75, 3.05) is 13.1 Å². The number of aliphatic hydroxyl groups is 1. The summed E-state index contributed by atoms with van der Waals surface area (Å²) in [5, 5.41) is 14.9. The van der Waals surface area contributed by atoms with Crippen LogP contribution in [0.5, 0.6) is 0 Å². The van der Waals surface area contributed by atoms with Crippen molar-refractivity contribution in [1.29, 1.82) is 0 Å². The Balaban J connectivity index is 1.44. The number of piperidine rings is 1. The van der Waals surface area contributed by atoms with Crippen LogP contribution >= 0.6 is 0 Å². The van der Waals surface area contributed by atoms with Crippen LogP contribution in [0.3, 0.4) is 0 Å². The summed E-state index contributed by atoms with van der Waals surface area (Å²) in [6.07, 6.45) is 2.64. The van der Waals surface area contributed by atoms with Crippen molar-refractivity contribution in [2.45, 2.75) is 25.4 Å². The van der Waals surface area contributed by atoms with E-state index in [1.54, 1.807) is 17.2 Å². The molecule has 0 saturated carbocycles. The van der Waals surface area contributed by atoms with Crippen molar-refractivity contribution in [3.05, 3.63) is 71.7 Å². The van der Waals surface area contributed by atoms with Gasteiger partial charge in [0.2, 0.25) is 0 Å². The number of aromatic nitrogens is 2. The Kier molecular flexibility index (Phi) is 4.49. The van der Waals surface area contributed by atoms with Crippen molar-refractivity contribution < 1.29 is 14.4 Å². The fraction of sp³-hybridized carbons (Fsp3) is 0.286. The molecule has 1 saturated heterocycles. The molecule has 1 aromatic carbocycles. The molecule has 1 N–H and O–H groups in total. The average molecular weight is 363 g/mol. The fourth-order valence-electron chi connectivity index (χ4n) is 3.36. The maximum absolute atomic E-state index is 12.7. The third-order valence-electron chi connectivity index (χ3n) is 5.05. The van der Waals surface area contributed by atoms with Crippen LogP contribution in [0.1, 0.15) is 34.6 Å². The molecule has 3 aromatic rings. The lowest BCUT2D eigenvalue weighted by Gasteiger charge is -2.37. The number of rotatable bonds is 3. The Hall–Kier alpha value is -2.99. The molecule has 1 amide bonds. The van der Waals surface area contributed by atoms with Gasteiger partial charge in [0.05, 0.1) is 5.69 Å². The number of likely N-dealkylation sites (tertiary alicyclic amines) is 1. The lowest BCUT2D eigenvalue weighted by molar-refractivity contribution is -0.0246. The summed E-state index contributed by atoms with van der Waals surface area (Å²) in [7, 11) is 0. The van der Waals surface area contributed by atoms with E-state index in [1.165, 1.54) is 0 Å². The highest BCUT2D eigenvalue weighted by Crippen LogP contribution is 2.32. The lowest BCUT2D eigenvalue weighted by Crippen LogP contribution is -2.45. The minimum Gasteiger partial charge on any atom is -0.383 e. The molecule has 1 fully saturated rings. The summed E-state index contributed by atoms with van der Waals surface area (Å²) >= 11 is 0. The number of carbonyl (C=O) groups excluding carboxylic acids is 1. The van der Waals surface area contributed by atoms with Gasteiger partial charge < -0.3 is 14.5 Å². The molecule has 0 atom stereocenters. The van der Waals surface area contributed by atoms with Gasteiger partial charge in [0.25, 0.3) is 5.91 Å². The second-order valence-electron chi connectivity index (χ2n) is 6.99. The maximum atomic E-state index is 12.7.